The van der Waals surface area contributed by atoms with Gasteiger partial charge in [-0.15, -0.1) is 0 Å². The quantitative estimate of drug-likeness (QED) is 0.166. The highest BCUT2D eigenvalue weighted by Gasteiger charge is 2.18. The van der Waals surface area contributed by atoms with E-state index in [4.69, 9.17) is 23.8 Å². The molecule has 0 spiro atoms. The van der Waals surface area contributed by atoms with E-state index in [0.29, 0.717) is 17.5 Å². The first-order chi connectivity index (χ1) is 31.7. The Morgan fingerprint density at radius 3 is 1.30 bits per heavy atom. The normalized spacial score (nSPS) is 11.8. The fourth-order valence-electron chi connectivity index (χ4n) is 9.24. The zero-order valence-electron chi connectivity index (χ0n) is 34.2. The molecule has 0 unspecified atom stereocenters. The summed E-state index contributed by atoms with van der Waals surface area (Å²) in [5.41, 5.74) is 12.4. The van der Waals surface area contributed by atoms with Crippen molar-refractivity contribution in [3.8, 4) is 67.5 Å². The lowest BCUT2D eigenvalue weighted by atomic mass is 9.93. The molecule has 64 heavy (non-hydrogen) atoms. The molecule has 13 rings (SSSR count). The van der Waals surface area contributed by atoms with E-state index in [1.807, 2.05) is 42.6 Å². The maximum atomic E-state index is 6.44. The number of fused-ring (bicyclic) bond motifs is 10. The molecule has 6 heteroatoms. The molecule has 298 valence electrons. The van der Waals surface area contributed by atoms with E-state index >= 15 is 0 Å². The van der Waals surface area contributed by atoms with Crippen LogP contribution in [-0.4, -0.2) is 19.9 Å². The number of nitrogens with zero attached hydrogens (tertiary/aromatic N) is 4. The average molecular weight is 819 g/mol. The van der Waals surface area contributed by atoms with Crippen molar-refractivity contribution in [3.05, 3.63) is 207 Å². The van der Waals surface area contributed by atoms with E-state index < -0.39 is 0 Å². The van der Waals surface area contributed by atoms with Gasteiger partial charge in [0.15, 0.2) is 17.5 Å². The predicted molar refractivity (Wildman–Crippen MR) is 260 cm³/mol. The van der Waals surface area contributed by atoms with Crippen molar-refractivity contribution in [1.82, 2.24) is 19.9 Å². The van der Waals surface area contributed by atoms with Crippen LogP contribution in [0.2, 0.25) is 0 Å². The number of hydrogen-bond donors (Lipinski definition) is 0. The first-order valence-electron chi connectivity index (χ1n) is 21.3. The molecule has 0 saturated carbocycles. The molecule has 0 aliphatic carbocycles. The molecule has 0 radical (unpaired) electrons. The molecule has 9 aromatic carbocycles. The minimum Gasteiger partial charge on any atom is -0.456 e. The second-order valence-electron chi connectivity index (χ2n) is 16.2. The summed E-state index contributed by atoms with van der Waals surface area (Å²) in [6.45, 7) is 0. The van der Waals surface area contributed by atoms with Gasteiger partial charge in [-0.25, -0.2) is 15.0 Å². The molecule has 13 aromatic rings. The second kappa shape index (κ2) is 14.4. The van der Waals surface area contributed by atoms with Crippen molar-refractivity contribution >= 4 is 65.4 Å². The van der Waals surface area contributed by atoms with Gasteiger partial charge in [-0.3, -0.25) is 4.98 Å². The van der Waals surface area contributed by atoms with Crippen molar-refractivity contribution in [3.63, 3.8) is 0 Å². The third-order valence-corrected chi connectivity index (χ3v) is 12.4. The maximum absolute atomic E-state index is 6.44. The Hall–Kier alpha value is -8.74. The zero-order valence-corrected chi connectivity index (χ0v) is 34.2. The third kappa shape index (κ3) is 6.03. The monoisotopic (exact) mass is 818 g/mol. The Morgan fingerprint density at radius 1 is 0.281 bits per heavy atom. The van der Waals surface area contributed by atoms with Crippen LogP contribution in [-0.2, 0) is 0 Å². The van der Waals surface area contributed by atoms with Gasteiger partial charge in [-0.1, -0.05) is 133 Å². The van der Waals surface area contributed by atoms with Crippen molar-refractivity contribution in [2.45, 2.75) is 0 Å². The van der Waals surface area contributed by atoms with E-state index in [1.165, 1.54) is 10.8 Å². The second-order valence-corrected chi connectivity index (χ2v) is 16.2. The largest absolute Gasteiger partial charge is 0.456 e. The van der Waals surface area contributed by atoms with Gasteiger partial charge >= 0.3 is 0 Å². The van der Waals surface area contributed by atoms with E-state index in [2.05, 4.69) is 163 Å². The SMILES string of the molecule is c1ccc(-c2nc(-c3ccc(-c4cccnc4)cc3)nc(-c3cc(-c4ccc5oc6ccc7ccccc7c6c5c4)cc(-c4ccc5oc6ccc7ccccc7c6c5c4)c3)n2)cc1. The van der Waals surface area contributed by atoms with E-state index in [0.717, 1.165) is 105 Å². The summed E-state index contributed by atoms with van der Waals surface area (Å²) in [5, 5.41) is 9.04. The Bertz CT molecular complexity index is 3780. The van der Waals surface area contributed by atoms with Crippen LogP contribution in [0.3, 0.4) is 0 Å². The molecule has 6 nitrogen and oxygen atoms in total. The Kier molecular flexibility index (Phi) is 8.11. The Labute approximate surface area is 366 Å². The van der Waals surface area contributed by atoms with E-state index in [-0.39, 0.29) is 0 Å². The minimum atomic E-state index is 0.574. The lowest BCUT2D eigenvalue weighted by Crippen LogP contribution is -2.00. The molecule has 4 aromatic heterocycles. The number of benzene rings is 9. The van der Waals surface area contributed by atoms with E-state index in [9.17, 15) is 0 Å². The van der Waals surface area contributed by atoms with Crippen LogP contribution in [0.25, 0.3) is 133 Å². The molecular weight excluding hydrogens is 785 g/mol. The van der Waals surface area contributed by atoms with Crippen LogP contribution < -0.4 is 0 Å². The molecule has 4 heterocycles. The van der Waals surface area contributed by atoms with Gasteiger partial charge in [0.05, 0.1) is 0 Å². The van der Waals surface area contributed by atoms with Gasteiger partial charge < -0.3 is 8.83 Å². The van der Waals surface area contributed by atoms with Crippen LogP contribution >= 0.6 is 0 Å². The Balaban J connectivity index is 1.03. The van der Waals surface area contributed by atoms with Crippen LogP contribution in [0, 0.1) is 0 Å². The number of pyridine rings is 1. The smallest absolute Gasteiger partial charge is 0.164 e. The summed E-state index contributed by atoms with van der Waals surface area (Å²) in [7, 11) is 0. The number of aromatic nitrogens is 4. The highest BCUT2D eigenvalue weighted by molar-refractivity contribution is 6.20. The van der Waals surface area contributed by atoms with Gasteiger partial charge in [-0.05, 0) is 116 Å². The topological polar surface area (TPSA) is 77.8 Å². The van der Waals surface area contributed by atoms with Crippen LogP contribution in [0.15, 0.2) is 215 Å². The van der Waals surface area contributed by atoms with Crippen molar-refractivity contribution in [2.24, 2.45) is 0 Å². The summed E-state index contributed by atoms with van der Waals surface area (Å²) in [6, 6.07) is 67.5. The van der Waals surface area contributed by atoms with Crippen LogP contribution in [0.5, 0.6) is 0 Å². The summed E-state index contributed by atoms with van der Waals surface area (Å²) in [5.74, 6) is 1.76. The first kappa shape index (κ1) is 36.0. The third-order valence-electron chi connectivity index (χ3n) is 12.4. The summed E-state index contributed by atoms with van der Waals surface area (Å²) in [6.07, 6.45) is 3.66. The van der Waals surface area contributed by atoms with Crippen molar-refractivity contribution in [1.29, 1.82) is 0 Å². The van der Waals surface area contributed by atoms with Crippen molar-refractivity contribution < 1.29 is 8.83 Å². The predicted octanol–water partition coefficient (Wildman–Crippen LogP) is 15.4. The molecular formula is C58H34N4O2. The fourth-order valence-corrected chi connectivity index (χ4v) is 9.24. The van der Waals surface area contributed by atoms with Gasteiger partial charge in [-0.2, -0.15) is 0 Å². The average Bonchev–Trinajstić information content (AvgIpc) is 3.95. The van der Waals surface area contributed by atoms with E-state index in [1.54, 1.807) is 6.20 Å². The standard InChI is InChI=1S/C58H34N4O2/c1-2-11-38(12-3-1)56-60-57(39-18-16-35(17-19-39)42-13-8-28-59-34-42)62-58(61-56)45-30-43(40-22-24-50-48(32-40)54-46-14-6-4-9-36(46)20-26-52(54)63-50)29-44(31-45)41-23-25-51-49(33-41)55-47-15-7-5-10-37(47)21-27-53(55)64-51/h1-34H. The fraction of sp³-hybridized carbons (Fsp3) is 0. The lowest BCUT2D eigenvalue weighted by Gasteiger charge is -2.13. The highest BCUT2D eigenvalue weighted by atomic mass is 16.3. The minimum absolute atomic E-state index is 0.574. The van der Waals surface area contributed by atoms with Gasteiger partial charge in [0, 0.05) is 50.6 Å². The molecule has 0 fully saturated rings. The summed E-state index contributed by atoms with van der Waals surface area (Å²) in [4.78, 5) is 19.8. The molecule has 0 bridgehead atoms. The number of hydrogen-bond acceptors (Lipinski definition) is 6. The number of rotatable bonds is 6. The van der Waals surface area contributed by atoms with Gasteiger partial charge in [0.25, 0.3) is 0 Å². The molecule has 0 amide bonds. The molecule has 0 aliphatic rings. The number of furan rings is 2. The van der Waals surface area contributed by atoms with Gasteiger partial charge in [0.2, 0.25) is 0 Å². The van der Waals surface area contributed by atoms with Crippen LogP contribution in [0.1, 0.15) is 0 Å². The van der Waals surface area contributed by atoms with Gasteiger partial charge in [0.1, 0.15) is 22.3 Å². The highest BCUT2D eigenvalue weighted by Crippen LogP contribution is 2.41. The van der Waals surface area contributed by atoms with Crippen LogP contribution in [0.4, 0.5) is 0 Å². The first-order valence-corrected chi connectivity index (χ1v) is 21.3. The summed E-state index contributed by atoms with van der Waals surface area (Å²) >= 11 is 0. The summed E-state index contributed by atoms with van der Waals surface area (Å²) < 4.78 is 12.9. The van der Waals surface area contributed by atoms with Crippen molar-refractivity contribution in [2.75, 3.05) is 0 Å². The Morgan fingerprint density at radius 2 is 0.734 bits per heavy atom. The molecule has 0 N–H and O–H groups in total. The maximum Gasteiger partial charge on any atom is 0.164 e. The lowest BCUT2D eigenvalue weighted by molar-refractivity contribution is 0.669. The molecule has 0 saturated heterocycles. The molecule has 0 aliphatic heterocycles. The zero-order chi connectivity index (χ0) is 42.1. The molecule has 0 atom stereocenters.